The van der Waals surface area contributed by atoms with Gasteiger partial charge < -0.3 is 29.5 Å². The van der Waals surface area contributed by atoms with Gasteiger partial charge in [0.15, 0.2) is 0 Å². The summed E-state index contributed by atoms with van der Waals surface area (Å²) in [7, 11) is -9.62. The Kier molecular flexibility index (Phi) is 15.8. The predicted molar refractivity (Wildman–Crippen MR) is 199 cm³/mol. The van der Waals surface area contributed by atoms with Gasteiger partial charge in [0, 0.05) is 10.8 Å². The number of nitrogens with zero attached hydrogens (tertiary/aromatic N) is 4. The van der Waals surface area contributed by atoms with Crippen LogP contribution in [0.5, 0.6) is 11.5 Å². The van der Waals surface area contributed by atoms with Crippen molar-refractivity contribution in [2.75, 3.05) is 0 Å². The van der Waals surface area contributed by atoms with Crippen molar-refractivity contribution in [3.05, 3.63) is 119 Å². The summed E-state index contributed by atoms with van der Waals surface area (Å²) in [5, 5.41) is 60.1. The van der Waals surface area contributed by atoms with Crippen LogP contribution >= 0.6 is 0 Å². The molecule has 0 aliphatic carbocycles. The van der Waals surface area contributed by atoms with Gasteiger partial charge in [-0.1, -0.05) is 72.2 Å². The van der Waals surface area contributed by atoms with Crippen LogP contribution in [0.15, 0.2) is 127 Å². The number of carboxylic acids is 2. The Bertz CT molecular complexity index is 2610. The number of hydrogen-bond acceptors (Lipinski definition) is 14. The average molecular weight is 896 g/mol. The molecule has 6 aromatic rings. The third kappa shape index (κ3) is 10.7. The zero-order valence-corrected chi connectivity index (χ0v) is 36.6. The third-order valence-electron chi connectivity index (χ3n) is 7.70. The number of aryl methyl sites for hydroxylation is 2. The fourth-order valence-corrected chi connectivity index (χ4v) is 6.54. The maximum atomic E-state index is 12.5. The van der Waals surface area contributed by atoms with E-state index in [-0.39, 0.29) is 106 Å². The molecule has 0 aliphatic rings. The number of benzene rings is 6. The molecule has 0 spiro atoms. The predicted octanol–water partition coefficient (Wildman–Crippen LogP) is 5.72. The molecule has 0 unspecified atom stereocenters. The molecular formula is C36H24CaN4O12S2Sr. The summed E-state index contributed by atoms with van der Waals surface area (Å²) in [5.74, 6) is -4.55. The first-order valence-corrected chi connectivity index (χ1v) is 18.1. The summed E-state index contributed by atoms with van der Waals surface area (Å²) < 4.78 is 68.7. The van der Waals surface area contributed by atoms with Crippen LogP contribution in [0.1, 0.15) is 31.8 Å². The van der Waals surface area contributed by atoms with Crippen molar-refractivity contribution in [1.82, 2.24) is 0 Å². The van der Waals surface area contributed by atoms with E-state index in [2.05, 4.69) is 20.5 Å². The smallest absolute Gasteiger partial charge is 0.870 e. The summed E-state index contributed by atoms with van der Waals surface area (Å²) in [4.78, 5) is 21.5. The van der Waals surface area contributed by atoms with E-state index >= 15 is 0 Å². The van der Waals surface area contributed by atoms with Gasteiger partial charge in [-0.25, -0.2) is 26.4 Å². The molecule has 2 N–H and O–H groups in total. The van der Waals surface area contributed by atoms with Gasteiger partial charge in [0.05, 0.1) is 32.3 Å². The number of aromatic carboxylic acids is 2. The molecule has 276 valence electrons. The second-order valence-electron chi connectivity index (χ2n) is 11.5. The van der Waals surface area contributed by atoms with Crippen LogP contribution in [0.3, 0.4) is 0 Å². The van der Waals surface area contributed by atoms with E-state index < -0.39 is 64.6 Å². The molecule has 0 heterocycles. The largest absolute Gasteiger partial charge is 2.00 e. The monoisotopic (exact) mass is 896 g/mol. The standard InChI is InChI=1S/2C18H14N2O6S.Ca.Sr/c2*1-10-6-7-14(15(8-10)27(24,25)26)19-20-16-12-5-3-2-4-11(12)9-13(17(16)21)18(22)23;;/h2*2-9,21H,1H3,(H,22,23)(H,24,25,26);;/q;;2*+2/p-4. The molecule has 0 aromatic heterocycles. The normalized spacial score (nSPS) is 11.5. The Labute approximate surface area is 386 Å². The summed E-state index contributed by atoms with van der Waals surface area (Å²) in [6.45, 7) is 3.21. The number of carbonyl (C=O) groups is 2. The first-order valence-electron chi connectivity index (χ1n) is 15.3. The van der Waals surface area contributed by atoms with Crippen molar-refractivity contribution in [1.29, 1.82) is 0 Å². The van der Waals surface area contributed by atoms with Crippen LogP contribution in [0.2, 0.25) is 0 Å². The molecule has 6 rings (SSSR count). The molecule has 0 saturated heterocycles. The molecule has 0 fully saturated rings. The second-order valence-corrected chi connectivity index (χ2v) is 14.2. The van der Waals surface area contributed by atoms with Crippen LogP contribution in [0.4, 0.5) is 22.7 Å². The summed E-state index contributed by atoms with van der Waals surface area (Å²) in [5.41, 5.74) is -0.871. The maximum Gasteiger partial charge on any atom is 2.00 e. The van der Waals surface area contributed by atoms with Gasteiger partial charge in [-0.2, -0.15) is 10.2 Å². The van der Waals surface area contributed by atoms with Gasteiger partial charge >= 0.3 is 95.2 Å². The topological polar surface area (TPSA) is 285 Å². The van der Waals surface area contributed by atoms with Gasteiger partial charge in [0.1, 0.15) is 31.6 Å². The van der Waals surface area contributed by atoms with Crippen molar-refractivity contribution in [3.8, 4) is 11.5 Å². The van der Waals surface area contributed by atoms with Crippen molar-refractivity contribution in [2.45, 2.75) is 23.6 Å². The number of hydrogen-bond donors (Lipinski definition) is 2. The zero-order chi connectivity index (χ0) is 39.5. The van der Waals surface area contributed by atoms with E-state index in [9.17, 15) is 56.0 Å². The minimum absolute atomic E-state index is 0. The van der Waals surface area contributed by atoms with Gasteiger partial charge in [0.2, 0.25) is 0 Å². The number of rotatable bonds is 8. The van der Waals surface area contributed by atoms with Gasteiger partial charge in [-0.15, -0.1) is 10.2 Å². The average Bonchev–Trinajstić information content (AvgIpc) is 3.10. The number of azo groups is 2. The molecule has 56 heavy (non-hydrogen) atoms. The Morgan fingerprint density at radius 2 is 0.893 bits per heavy atom. The number of carboxylic acid groups (broad SMARTS) is 2. The summed E-state index contributed by atoms with van der Waals surface area (Å²) >= 11 is 0. The third-order valence-corrected chi connectivity index (χ3v) is 9.43. The Morgan fingerprint density at radius 1 is 0.554 bits per heavy atom. The van der Waals surface area contributed by atoms with Crippen LogP contribution in [0, 0.1) is 13.8 Å². The van der Waals surface area contributed by atoms with E-state index in [1.807, 2.05) is 0 Å². The molecule has 16 nitrogen and oxygen atoms in total. The zero-order valence-electron chi connectivity index (χ0n) is 29.2. The summed E-state index contributed by atoms with van der Waals surface area (Å²) in [6, 6.07) is 23.4. The van der Waals surface area contributed by atoms with E-state index in [0.29, 0.717) is 32.7 Å². The minimum atomic E-state index is -4.81. The van der Waals surface area contributed by atoms with Crippen LogP contribution in [-0.2, 0) is 20.2 Å². The second kappa shape index (κ2) is 19.1. The molecule has 0 bridgehead atoms. The van der Waals surface area contributed by atoms with Crippen molar-refractivity contribution in [3.63, 3.8) is 0 Å². The van der Waals surface area contributed by atoms with Crippen molar-refractivity contribution >= 4 is 160 Å². The van der Waals surface area contributed by atoms with E-state index in [1.165, 1.54) is 36.4 Å². The van der Waals surface area contributed by atoms with Crippen LogP contribution in [-0.4, -0.2) is 131 Å². The Morgan fingerprint density at radius 3 is 1.21 bits per heavy atom. The van der Waals surface area contributed by atoms with Gasteiger partial charge in [0.25, 0.3) is 0 Å². The molecule has 0 aliphatic heterocycles. The fraction of sp³-hybridized carbons (Fsp3) is 0.0556. The van der Waals surface area contributed by atoms with Gasteiger partial charge in [-0.3, -0.25) is 0 Å². The molecule has 6 aromatic carbocycles. The molecule has 0 amide bonds. The molecule has 0 radical (unpaired) electrons. The SMILES string of the molecule is Cc1ccc(N=Nc2c([O-])c(C(=O)O)cc3ccccc23)c(S(=O)(=O)[O-])c1.Cc1ccc(N=Nc2c([O-])c(C(=O)O)cc3ccccc23)c(S(=O)(=O)[O-])c1.[Ca+2].[Sr+2]. The summed E-state index contributed by atoms with van der Waals surface area (Å²) in [6.07, 6.45) is 0. The molecule has 0 saturated carbocycles. The first kappa shape index (κ1) is 46.5. The molecular weight excluding hydrogens is 872 g/mol. The fourth-order valence-electron chi connectivity index (χ4n) is 5.15. The van der Waals surface area contributed by atoms with E-state index in [4.69, 9.17) is 0 Å². The van der Waals surface area contributed by atoms with E-state index in [1.54, 1.807) is 62.4 Å². The maximum absolute atomic E-state index is 12.5. The molecule has 0 atom stereocenters. The van der Waals surface area contributed by atoms with Crippen molar-refractivity contribution in [2.24, 2.45) is 20.5 Å². The minimum Gasteiger partial charge on any atom is -0.870 e. The quantitative estimate of drug-likeness (QED) is 0.105. The van der Waals surface area contributed by atoms with E-state index in [0.717, 1.165) is 12.1 Å². The van der Waals surface area contributed by atoms with Crippen LogP contribution < -0.4 is 10.2 Å². The number of fused-ring (bicyclic) bond motifs is 2. The van der Waals surface area contributed by atoms with Crippen LogP contribution in [0.25, 0.3) is 21.5 Å². The Hall–Kier alpha value is -3.86. The first-order chi connectivity index (χ1) is 25.4. The van der Waals surface area contributed by atoms with Gasteiger partial charge in [-0.05, 0) is 72.1 Å². The van der Waals surface area contributed by atoms with Crippen molar-refractivity contribution < 1.29 is 56.0 Å². The Balaban J connectivity index is 0.000000290. The molecule has 20 heteroatoms.